The molecular weight excluding hydrogens is 430 g/mol. The Labute approximate surface area is 188 Å². The minimum absolute atomic E-state index is 0.0299. The quantitative estimate of drug-likeness (QED) is 0.504. The third-order valence-corrected chi connectivity index (χ3v) is 5.17. The van der Waals surface area contributed by atoms with E-state index in [4.69, 9.17) is 11.6 Å². The summed E-state index contributed by atoms with van der Waals surface area (Å²) in [5.74, 6) is -1.59. The van der Waals surface area contributed by atoms with E-state index in [1.807, 2.05) is 6.92 Å². The van der Waals surface area contributed by atoms with Crippen LogP contribution >= 0.6 is 11.6 Å². The molecule has 0 saturated carbocycles. The van der Waals surface area contributed by atoms with Crippen LogP contribution in [0, 0.1) is 6.92 Å². The fourth-order valence-corrected chi connectivity index (χ4v) is 3.42. The molecule has 4 rings (SSSR count). The lowest BCUT2D eigenvalue weighted by Crippen LogP contribution is -2.32. The Morgan fingerprint density at radius 3 is 2.31 bits per heavy atom. The standard InChI is InChI=1S/C24H18ClN3O4/c1-14-8-10-18(11-9-14)28-23(31)20(25)21(24(28)32)26-16-5-2-4-15(12-16)22(30)27-17-6-3-7-19(29)13-17/h2-13,26,29H,1H3,(H,27,30). The van der Waals surface area contributed by atoms with Gasteiger partial charge in [0.15, 0.2) is 0 Å². The molecule has 1 heterocycles. The largest absolute Gasteiger partial charge is 0.508 e. The zero-order valence-electron chi connectivity index (χ0n) is 16.9. The summed E-state index contributed by atoms with van der Waals surface area (Å²) >= 11 is 6.18. The van der Waals surface area contributed by atoms with Gasteiger partial charge in [0.25, 0.3) is 17.7 Å². The van der Waals surface area contributed by atoms with Crippen molar-refractivity contribution < 1.29 is 19.5 Å². The number of halogens is 1. The number of imide groups is 1. The van der Waals surface area contributed by atoms with Crippen LogP contribution in [0.5, 0.6) is 5.75 Å². The number of rotatable bonds is 5. The van der Waals surface area contributed by atoms with Gasteiger partial charge in [-0.1, -0.05) is 41.4 Å². The molecule has 160 valence electrons. The summed E-state index contributed by atoms with van der Waals surface area (Å²) < 4.78 is 0. The number of hydrogen-bond acceptors (Lipinski definition) is 5. The average Bonchev–Trinajstić information content (AvgIpc) is 2.98. The number of carbonyl (C=O) groups is 3. The molecule has 8 heteroatoms. The number of phenols is 1. The predicted octanol–water partition coefficient (Wildman–Crippen LogP) is 4.39. The van der Waals surface area contributed by atoms with Crippen LogP contribution in [0.25, 0.3) is 0 Å². The number of nitrogens with zero attached hydrogens (tertiary/aromatic N) is 1. The van der Waals surface area contributed by atoms with Gasteiger partial charge < -0.3 is 15.7 Å². The number of nitrogens with one attached hydrogen (secondary N) is 2. The van der Waals surface area contributed by atoms with Gasteiger partial charge in [0.1, 0.15) is 16.5 Å². The van der Waals surface area contributed by atoms with Crippen molar-refractivity contribution in [1.82, 2.24) is 0 Å². The van der Waals surface area contributed by atoms with Crippen molar-refractivity contribution in [2.75, 3.05) is 15.5 Å². The van der Waals surface area contributed by atoms with E-state index >= 15 is 0 Å². The van der Waals surface area contributed by atoms with Crippen LogP contribution in [0.2, 0.25) is 0 Å². The lowest BCUT2D eigenvalue weighted by Gasteiger charge is -2.15. The van der Waals surface area contributed by atoms with E-state index in [0.29, 0.717) is 22.6 Å². The molecule has 0 atom stereocenters. The first kappa shape index (κ1) is 21.1. The molecule has 1 aliphatic rings. The Morgan fingerprint density at radius 2 is 1.59 bits per heavy atom. The Bertz CT molecular complexity index is 1270. The minimum Gasteiger partial charge on any atom is -0.508 e. The van der Waals surface area contributed by atoms with Gasteiger partial charge in [0.05, 0.1) is 5.69 Å². The first-order chi connectivity index (χ1) is 15.3. The third-order valence-electron chi connectivity index (χ3n) is 4.82. The highest BCUT2D eigenvalue weighted by Gasteiger charge is 2.38. The number of aryl methyl sites for hydroxylation is 1. The molecule has 0 saturated heterocycles. The molecule has 7 nitrogen and oxygen atoms in total. The monoisotopic (exact) mass is 447 g/mol. The van der Waals surface area contributed by atoms with E-state index in [1.54, 1.807) is 54.6 Å². The van der Waals surface area contributed by atoms with Gasteiger partial charge in [-0.05, 0) is 49.4 Å². The van der Waals surface area contributed by atoms with Crippen molar-refractivity contribution in [2.45, 2.75) is 6.92 Å². The zero-order chi connectivity index (χ0) is 22.8. The molecule has 3 aromatic rings. The molecule has 3 aromatic carbocycles. The number of aromatic hydroxyl groups is 1. The molecule has 0 bridgehead atoms. The van der Waals surface area contributed by atoms with Gasteiger partial charge in [-0.15, -0.1) is 0 Å². The fraction of sp³-hybridized carbons (Fsp3) is 0.0417. The summed E-state index contributed by atoms with van der Waals surface area (Å²) in [5, 5.41) is 14.9. The van der Waals surface area contributed by atoms with Crippen molar-refractivity contribution >= 4 is 46.4 Å². The van der Waals surface area contributed by atoms with Gasteiger partial charge in [-0.25, -0.2) is 4.90 Å². The summed E-state index contributed by atoms with van der Waals surface area (Å²) in [6.07, 6.45) is 0. The van der Waals surface area contributed by atoms with E-state index in [0.717, 1.165) is 10.5 Å². The molecule has 3 N–H and O–H groups in total. The molecule has 0 aliphatic carbocycles. The zero-order valence-corrected chi connectivity index (χ0v) is 17.7. The van der Waals surface area contributed by atoms with Gasteiger partial charge in [0, 0.05) is 23.0 Å². The van der Waals surface area contributed by atoms with Gasteiger partial charge >= 0.3 is 0 Å². The number of hydrogen-bond donors (Lipinski definition) is 3. The fourth-order valence-electron chi connectivity index (χ4n) is 3.21. The lowest BCUT2D eigenvalue weighted by molar-refractivity contribution is -0.120. The number of amides is 3. The highest BCUT2D eigenvalue weighted by molar-refractivity contribution is 6.53. The molecular formula is C24H18ClN3O4. The minimum atomic E-state index is -0.624. The lowest BCUT2D eigenvalue weighted by atomic mass is 10.1. The molecule has 0 fully saturated rings. The average molecular weight is 448 g/mol. The smallest absolute Gasteiger partial charge is 0.283 e. The second-order valence-electron chi connectivity index (χ2n) is 7.18. The van der Waals surface area contributed by atoms with Crippen molar-refractivity contribution in [2.24, 2.45) is 0 Å². The maximum absolute atomic E-state index is 12.9. The van der Waals surface area contributed by atoms with Gasteiger partial charge in [-0.3, -0.25) is 14.4 Å². The summed E-state index contributed by atoms with van der Waals surface area (Å²) in [5.41, 5.74) is 2.49. The van der Waals surface area contributed by atoms with Crippen LogP contribution in [0.4, 0.5) is 17.1 Å². The first-order valence-electron chi connectivity index (χ1n) is 9.66. The van der Waals surface area contributed by atoms with Gasteiger partial charge in [-0.2, -0.15) is 0 Å². The Morgan fingerprint density at radius 1 is 0.906 bits per heavy atom. The molecule has 0 radical (unpaired) electrons. The van der Waals surface area contributed by atoms with Crippen LogP contribution in [-0.2, 0) is 9.59 Å². The van der Waals surface area contributed by atoms with E-state index in [1.165, 1.54) is 18.2 Å². The third kappa shape index (κ3) is 4.19. The van der Waals surface area contributed by atoms with Crippen LogP contribution in [0.1, 0.15) is 15.9 Å². The van der Waals surface area contributed by atoms with Crippen molar-refractivity contribution in [3.05, 3.63) is 94.7 Å². The van der Waals surface area contributed by atoms with Crippen molar-refractivity contribution in [1.29, 1.82) is 0 Å². The SMILES string of the molecule is Cc1ccc(N2C(=O)C(Cl)=C(Nc3cccc(C(=O)Nc4cccc(O)c4)c3)C2=O)cc1. The van der Waals surface area contributed by atoms with Crippen LogP contribution in [-0.4, -0.2) is 22.8 Å². The molecule has 32 heavy (non-hydrogen) atoms. The summed E-state index contributed by atoms with van der Waals surface area (Å²) in [6.45, 7) is 1.90. The second kappa shape index (κ2) is 8.56. The summed E-state index contributed by atoms with van der Waals surface area (Å²) in [4.78, 5) is 39.1. The number of carbonyl (C=O) groups excluding carboxylic acids is 3. The molecule has 1 aliphatic heterocycles. The summed E-state index contributed by atoms with van der Waals surface area (Å²) in [6, 6.07) is 19.5. The van der Waals surface area contributed by atoms with E-state index < -0.39 is 17.7 Å². The Balaban J connectivity index is 1.54. The van der Waals surface area contributed by atoms with E-state index in [-0.39, 0.29) is 16.5 Å². The predicted molar refractivity (Wildman–Crippen MR) is 123 cm³/mol. The maximum Gasteiger partial charge on any atom is 0.283 e. The van der Waals surface area contributed by atoms with Crippen molar-refractivity contribution in [3.8, 4) is 5.75 Å². The maximum atomic E-state index is 12.9. The van der Waals surface area contributed by atoms with Gasteiger partial charge in [0.2, 0.25) is 0 Å². The topological polar surface area (TPSA) is 98.7 Å². The van der Waals surface area contributed by atoms with Crippen LogP contribution in [0.3, 0.4) is 0 Å². The number of anilines is 3. The summed E-state index contributed by atoms with van der Waals surface area (Å²) in [7, 11) is 0. The Kier molecular flexibility index (Phi) is 5.66. The van der Waals surface area contributed by atoms with Crippen LogP contribution < -0.4 is 15.5 Å². The van der Waals surface area contributed by atoms with Crippen LogP contribution in [0.15, 0.2) is 83.5 Å². The molecule has 3 amide bonds. The molecule has 0 spiro atoms. The normalized spacial score (nSPS) is 13.5. The number of phenolic OH excluding ortho intramolecular Hbond substituents is 1. The Hall–Kier alpha value is -4.10. The van der Waals surface area contributed by atoms with Crippen molar-refractivity contribution in [3.63, 3.8) is 0 Å². The van der Waals surface area contributed by atoms with E-state index in [9.17, 15) is 19.5 Å². The highest BCUT2D eigenvalue weighted by Crippen LogP contribution is 2.30. The molecule has 0 aromatic heterocycles. The highest BCUT2D eigenvalue weighted by atomic mass is 35.5. The first-order valence-corrected chi connectivity index (χ1v) is 10.0. The van der Waals surface area contributed by atoms with E-state index in [2.05, 4.69) is 10.6 Å². The second-order valence-corrected chi connectivity index (χ2v) is 7.56. The molecule has 0 unspecified atom stereocenters. The number of benzene rings is 3.